The predicted molar refractivity (Wildman–Crippen MR) is 152 cm³/mol. The Morgan fingerprint density at radius 2 is 1.64 bits per heavy atom. The molecule has 39 heavy (non-hydrogen) atoms. The zero-order valence-corrected chi connectivity index (χ0v) is 23.9. The van der Waals surface area contributed by atoms with Gasteiger partial charge >= 0.3 is 12.1 Å². The van der Waals surface area contributed by atoms with Crippen LogP contribution >= 0.6 is 11.8 Å². The van der Waals surface area contributed by atoms with Crippen molar-refractivity contribution in [2.75, 3.05) is 0 Å². The summed E-state index contributed by atoms with van der Waals surface area (Å²) in [4.78, 5) is 14.3. The Morgan fingerprint density at radius 3 is 2.23 bits per heavy atom. The molecule has 0 unspecified atom stereocenters. The summed E-state index contributed by atoms with van der Waals surface area (Å²) < 4.78 is 41.7. The van der Waals surface area contributed by atoms with Gasteiger partial charge in [-0.15, -0.1) is 0 Å². The van der Waals surface area contributed by atoms with E-state index in [9.17, 15) is 23.1 Å². The van der Waals surface area contributed by atoms with Gasteiger partial charge in [0.2, 0.25) is 0 Å². The molecule has 0 fully saturated rings. The highest BCUT2D eigenvalue weighted by Crippen LogP contribution is 2.43. The van der Waals surface area contributed by atoms with E-state index in [1.165, 1.54) is 17.7 Å². The first-order chi connectivity index (χ1) is 18.2. The van der Waals surface area contributed by atoms with E-state index in [-0.39, 0.29) is 6.42 Å². The number of aromatic nitrogens is 1. The Labute approximate surface area is 232 Å². The molecule has 0 radical (unpaired) electrons. The predicted octanol–water partition coefficient (Wildman–Crippen LogP) is 9.25. The number of fused-ring (bicyclic) bond motifs is 1. The van der Waals surface area contributed by atoms with E-state index < -0.39 is 23.1 Å². The molecular weight excluding hydrogens is 519 g/mol. The molecule has 7 heteroatoms. The number of benzene rings is 3. The summed E-state index contributed by atoms with van der Waals surface area (Å²) in [5.74, 6) is -0.607. The minimum Gasteiger partial charge on any atom is -0.481 e. The number of carboxylic acid groups (broad SMARTS) is 1. The highest BCUT2D eigenvalue weighted by molar-refractivity contribution is 7.99. The van der Waals surface area contributed by atoms with Crippen LogP contribution in [-0.4, -0.2) is 15.6 Å². The van der Waals surface area contributed by atoms with Crippen molar-refractivity contribution in [2.45, 2.75) is 76.4 Å². The van der Waals surface area contributed by atoms with E-state index in [4.69, 9.17) is 0 Å². The van der Waals surface area contributed by atoms with Crippen LogP contribution in [0.3, 0.4) is 0 Å². The Balaban J connectivity index is 1.96. The molecular formula is C32H34F3NO2S. The third kappa shape index (κ3) is 6.19. The molecule has 0 saturated heterocycles. The minimum absolute atomic E-state index is 0.266. The van der Waals surface area contributed by atoms with Gasteiger partial charge in [-0.25, -0.2) is 0 Å². The summed E-state index contributed by atoms with van der Waals surface area (Å²) in [6.45, 7) is 12.1. The molecule has 4 rings (SSSR count). The highest BCUT2D eigenvalue weighted by Gasteiger charge is 2.33. The number of carbonyl (C=O) groups is 1. The SMILES string of the molecule is Cc1ccc(C)c(Sc2c(CC(C)(C)C(=O)O)n(Cc3ccc(C(F)(F)F)cc3)c3ccc(C(C)C)cc23)c1. The van der Waals surface area contributed by atoms with Crippen LogP contribution < -0.4 is 0 Å². The van der Waals surface area contributed by atoms with Gasteiger partial charge in [0, 0.05) is 39.4 Å². The first-order valence-electron chi connectivity index (χ1n) is 13.0. The molecule has 1 heterocycles. The van der Waals surface area contributed by atoms with E-state index >= 15 is 0 Å². The lowest BCUT2D eigenvalue weighted by molar-refractivity contribution is -0.147. The van der Waals surface area contributed by atoms with E-state index in [1.54, 1.807) is 25.6 Å². The minimum atomic E-state index is -4.40. The van der Waals surface area contributed by atoms with Gasteiger partial charge in [0.1, 0.15) is 0 Å². The number of aryl methyl sites for hydroxylation is 2. The number of hydrogen-bond acceptors (Lipinski definition) is 2. The van der Waals surface area contributed by atoms with Crippen LogP contribution in [0.15, 0.2) is 70.5 Å². The molecule has 1 aromatic heterocycles. The Kier molecular flexibility index (Phi) is 7.95. The molecule has 0 saturated carbocycles. The van der Waals surface area contributed by atoms with Gasteiger partial charge in [0.05, 0.1) is 11.0 Å². The smallest absolute Gasteiger partial charge is 0.416 e. The number of alkyl halides is 3. The Bertz CT molecular complexity index is 1520. The lowest BCUT2D eigenvalue weighted by Gasteiger charge is -2.22. The molecule has 0 aliphatic carbocycles. The number of rotatable bonds is 8. The summed E-state index contributed by atoms with van der Waals surface area (Å²) in [6.07, 6.45) is -4.14. The number of nitrogens with zero attached hydrogens (tertiary/aromatic N) is 1. The van der Waals surface area contributed by atoms with E-state index in [1.807, 2.05) is 6.92 Å². The van der Waals surface area contributed by atoms with Crippen molar-refractivity contribution < 1.29 is 23.1 Å². The average molecular weight is 554 g/mol. The van der Waals surface area contributed by atoms with Crippen LogP contribution in [-0.2, 0) is 23.9 Å². The molecule has 206 valence electrons. The van der Waals surface area contributed by atoms with Crippen LogP contribution in [0.25, 0.3) is 10.9 Å². The van der Waals surface area contributed by atoms with Gasteiger partial charge in [-0.1, -0.05) is 55.9 Å². The molecule has 0 amide bonds. The van der Waals surface area contributed by atoms with Gasteiger partial charge in [-0.2, -0.15) is 13.2 Å². The van der Waals surface area contributed by atoms with Gasteiger partial charge in [-0.05, 0) is 86.2 Å². The van der Waals surface area contributed by atoms with E-state index in [0.29, 0.717) is 18.0 Å². The van der Waals surface area contributed by atoms with Crippen molar-refractivity contribution in [3.63, 3.8) is 0 Å². The van der Waals surface area contributed by atoms with Crippen LogP contribution in [0.4, 0.5) is 13.2 Å². The molecule has 0 atom stereocenters. The number of halogens is 3. The third-order valence-corrected chi connectivity index (χ3v) is 8.50. The monoisotopic (exact) mass is 553 g/mol. The fourth-order valence-corrected chi connectivity index (χ4v) is 5.89. The second-order valence-electron chi connectivity index (χ2n) is 11.2. The standard InChI is InChI=1S/C32H34F3NO2S/c1-19(2)23-11-14-26-25(16-23)29(39-28-15-20(3)7-8-21(28)4)27(17-31(5,6)30(37)38)36(26)18-22-9-12-24(13-10-22)32(33,34)35/h7-16,19H,17-18H2,1-6H3,(H,37,38). The molecule has 0 spiro atoms. The molecule has 0 bridgehead atoms. The largest absolute Gasteiger partial charge is 0.481 e. The molecule has 4 aromatic rings. The van der Waals surface area contributed by atoms with Crippen molar-refractivity contribution in [1.82, 2.24) is 4.57 Å². The maximum Gasteiger partial charge on any atom is 0.416 e. The fourth-order valence-electron chi connectivity index (χ4n) is 4.63. The number of aliphatic carboxylic acids is 1. The van der Waals surface area contributed by atoms with Gasteiger partial charge in [-0.3, -0.25) is 4.79 Å². The molecule has 3 aromatic carbocycles. The summed E-state index contributed by atoms with van der Waals surface area (Å²) in [6, 6.07) is 17.8. The quantitative estimate of drug-likeness (QED) is 0.236. The normalized spacial score (nSPS) is 12.5. The van der Waals surface area contributed by atoms with Crippen molar-refractivity contribution in [1.29, 1.82) is 0 Å². The lowest BCUT2D eigenvalue weighted by Crippen LogP contribution is -2.27. The van der Waals surface area contributed by atoms with Crippen LogP contribution in [0, 0.1) is 19.3 Å². The van der Waals surface area contributed by atoms with Crippen molar-refractivity contribution in [3.8, 4) is 0 Å². The Morgan fingerprint density at radius 1 is 0.974 bits per heavy atom. The van der Waals surface area contributed by atoms with E-state index in [0.717, 1.165) is 49.6 Å². The van der Waals surface area contributed by atoms with Crippen molar-refractivity contribution in [2.24, 2.45) is 5.41 Å². The number of carboxylic acids is 1. The van der Waals surface area contributed by atoms with Crippen LogP contribution in [0.1, 0.15) is 67.1 Å². The molecule has 0 aliphatic rings. The van der Waals surface area contributed by atoms with Gasteiger partial charge < -0.3 is 9.67 Å². The van der Waals surface area contributed by atoms with Gasteiger partial charge in [0.15, 0.2) is 0 Å². The summed E-state index contributed by atoms with van der Waals surface area (Å²) in [5.41, 5.74) is 4.19. The summed E-state index contributed by atoms with van der Waals surface area (Å²) >= 11 is 1.63. The summed E-state index contributed by atoms with van der Waals surface area (Å²) in [5, 5.41) is 11.0. The molecule has 1 N–H and O–H groups in total. The zero-order valence-electron chi connectivity index (χ0n) is 23.1. The second-order valence-corrected chi connectivity index (χ2v) is 12.3. The maximum atomic E-state index is 13.2. The lowest BCUT2D eigenvalue weighted by atomic mass is 9.88. The first kappa shape index (κ1) is 28.8. The van der Waals surface area contributed by atoms with Crippen LogP contribution in [0.5, 0.6) is 0 Å². The zero-order chi connectivity index (χ0) is 28.7. The third-order valence-electron chi connectivity index (χ3n) is 7.18. The average Bonchev–Trinajstić information content (AvgIpc) is 3.12. The van der Waals surface area contributed by atoms with Gasteiger partial charge in [0.25, 0.3) is 0 Å². The van der Waals surface area contributed by atoms with Crippen LogP contribution in [0.2, 0.25) is 0 Å². The fraction of sp³-hybridized carbons (Fsp3) is 0.344. The topological polar surface area (TPSA) is 42.2 Å². The number of hydrogen-bond donors (Lipinski definition) is 1. The second kappa shape index (κ2) is 10.8. The molecule has 0 aliphatic heterocycles. The highest BCUT2D eigenvalue weighted by atomic mass is 32.2. The van der Waals surface area contributed by atoms with E-state index in [2.05, 4.69) is 61.7 Å². The Hall–Kier alpha value is -3.19. The van der Waals surface area contributed by atoms with Crippen molar-refractivity contribution in [3.05, 3.63) is 94.2 Å². The van der Waals surface area contributed by atoms with Crippen molar-refractivity contribution >= 4 is 28.6 Å². The first-order valence-corrected chi connectivity index (χ1v) is 13.8. The summed E-state index contributed by atoms with van der Waals surface area (Å²) in [7, 11) is 0. The molecule has 3 nitrogen and oxygen atoms in total. The maximum absolute atomic E-state index is 13.2.